The van der Waals surface area contributed by atoms with Crippen LogP contribution in [0, 0.1) is 0 Å². The maximum absolute atomic E-state index is 11.4. The summed E-state index contributed by atoms with van der Waals surface area (Å²) in [4.78, 5) is 12.9. The Morgan fingerprint density at radius 1 is 1.50 bits per heavy atom. The van der Waals surface area contributed by atoms with Crippen LogP contribution in [0.2, 0.25) is 5.02 Å². The van der Waals surface area contributed by atoms with E-state index in [0.29, 0.717) is 5.02 Å². The second-order valence-corrected chi connectivity index (χ2v) is 5.14. The van der Waals surface area contributed by atoms with Crippen molar-refractivity contribution < 1.29 is 9.90 Å². The molecule has 1 fully saturated rings. The van der Waals surface area contributed by atoms with Crippen LogP contribution in [0.15, 0.2) is 36.4 Å². The molecule has 2 rings (SSSR count). The van der Waals surface area contributed by atoms with Crippen molar-refractivity contribution in [3.63, 3.8) is 0 Å². The Hall–Kier alpha value is -1.48. The topological polar surface area (TPSA) is 40.5 Å². The minimum Gasteiger partial charge on any atom is -0.465 e. The van der Waals surface area contributed by atoms with Gasteiger partial charge < -0.3 is 5.11 Å². The summed E-state index contributed by atoms with van der Waals surface area (Å²) in [5, 5.41) is 10.0. The zero-order chi connectivity index (χ0) is 13.3. The lowest BCUT2D eigenvalue weighted by Gasteiger charge is -2.28. The summed E-state index contributed by atoms with van der Waals surface area (Å²) in [6.07, 6.45) is 0.730. The highest BCUT2D eigenvalue weighted by atomic mass is 35.5. The van der Waals surface area contributed by atoms with Crippen molar-refractivity contribution in [2.45, 2.75) is 31.8 Å². The fraction of sp³-hybridized carbons (Fsp3) is 0.357. The van der Waals surface area contributed by atoms with E-state index in [4.69, 9.17) is 11.6 Å². The molecule has 0 radical (unpaired) electrons. The Morgan fingerprint density at radius 3 is 2.78 bits per heavy atom. The number of hydrogen-bond acceptors (Lipinski definition) is 1. The summed E-state index contributed by atoms with van der Waals surface area (Å²) in [5.41, 5.74) is 1.84. The van der Waals surface area contributed by atoms with Crippen LogP contribution < -0.4 is 0 Å². The van der Waals surface area contributed by atoms with Gasteiger partial charge in [-0.2, -0.15) is 0 Å². The molecule has 4 heteroatoms. The lowest BCUT2D eigenvalue weighted by atomic mass is 10.0. The van der Waals surface area contributed by atoms with Crippen LogP contribution in [0.4, 0.5) is 4.79 Å². The van der Waals surface area contributed by atoms with Gasteiger partial charge in [0.2, 0.25) is 0 Å². The number of rotatable bonds is 2. The van der Waals surface area contributed by atoms with Gasteiger partial charge in [0.05, 0.1) is 12.1 Å². The Bertz CT molecular complexity index is 486. The lowest BCUT2D eigenvalue weighted by molar-refractivity contribution is 0.128. The molecule has 96 valence electrons. The molecule has 1 aliphatic rings. The van der Waals surface area contributed by atoms with Crippen LogP contribution in [0.1, 0.15) is 31.4 Å². The molecule has 2 atom stereocenters. The van der Waals surface area contributed by atoms with Gasteiger partial charge in [0, 0.05) is 5.02 Å². The first-order valence-electron chi connectivity index (χ1n) is 5.93. The molecular weight excluding hydrogens is 250 g/mol. The predicted molar refractivity (Wildman–Crippen MR) is 71.9 cm³/mol. The molecule has 0 aliphatic carbocycles. The first kappa shape index (κ1) is 13.0. The molecule has 0 spiro atoms. The van der Waals surface area contributed by atoms with E-state index in [9.17, 15) is 9.90 Å². The van der Waals surface area contributed by atoms with E-state index in [1.54, 1.807) is 6.07 Å². The smallest absolute Gasteiger partial charge is 0.408 e. The molecule has 1 aliphatic heterocycles. The van der Waals surface area contributed by atoms with Gasteiger partial charge >= 0.3 is 6.09 Å². The number of halogens is 1. The first-order valence-corrected chi connectivity index (χ1v) is 6.30. The Kier molecular flexibility index (Phi) is 3.62. The predicted octanol–water partition coefficient (Wildman–Crippen LogP) is 4.10. The van der Waals surface area contributed by atoms with Crippen LogP contribution in [0.25, 0.3) is 0 Å². The molecule has 0 saturated carbocycles. The first-order chi connectivity index (χ1) is 8.50. The van der Waals surface area contributed by atoms with Crippen molar-refractivity contribution in [3.8, 4) is 0 Å². The number of likely N-dealkylation sites (tertiary alicyclic amines) is 1. The van der Waals surface area contributed by atoms with Crippen molar-refractivity contribution in [1.29, 1.82) is 0 Å². The van der Waals surface area contributed by atoms with Gasteiger partial charge in [-0.15, -0.1) is 0 Å². The van der Waals surface area contributed by atoms with E-state index in [1.165, 1.54) is 4.90 Å². The Balaban J connectivity index is 2.33. The normalized spacial score (nSPS) is 23.1. The third kappa shape index (κ3) is 2.36. The quantitative estimate of drug-likeness (QED) is 0.818. The second kappa shape index (κ2) is 5.02. The second-order valence-electron chi connectivity index (χ2n) is 4.70. The monoisotopic (exact) mass is 265 g/mol. The highest BCUT2D eigenvalue weighted by Crippen LogP contribution is 2.38. The molecule has 1 saturated heterocycles. The van der Waals surface area contributed by atoms with Crippen molar-refractivity contribution in [1.82, 2.24) is 4.90 Å². The summed E-state index contributed by atoms with van der Waals surface area (Å²) < 4.78 is 0. The van der Waals surface area contributed by atoms with E-state index in [-0.39, 0.29) is 12.1 Å². The van der Waals surface area contributed by atoms with E-state index >= 15 is 0 Å². The number of nitrogens with zero attached hydrogens (tertiary/aromatic N) is 1. The van der Waals surface area contributed by atoms with Crippen LogP contribution in [0.3, 0.4) is 0 Å². The molecule has 0 unspecified atom stereocenters. The van der Waals surface area contributed by atoms with Crippen molar-refractivity contribution in [3.05, 3.63) is 47.0 Å². The number of amides is 1. The van der Waals surface area contributed by atoms with Gasteiger partial charge in [0.15, 0.2) is 0 Å². The van der Waals surface area contributed by atoms with Crippen LogP contribution in [0.5, 0.6) is 0 Å². The summed E-state index contributed by atoms with van der Waals surface area (Å²) in [5.74, 6) is 0. The minimum atomic E-state index is -0.898. The maximum atomic E-state index is 11.4. The van der Waals surface area contributed by atoms with Crippen molar-refractivity contribution >= 4 is 17.7 Å². The molecule has 1 heterocycles. The molecular formula is C14H16ClNO2. The largest absolute Gasteiger partial charge is 0.465 e. The molecule has 1 amide bonds. The van der Waals surface area contributed by atoms with Gasteiger partial charge in [-0.25, -0.2) is 4.79 Å². The third-order valence-corrected chi connectivity index (χ3v) is 3.64. The zero-order valence-electron chi connectivity index (χ0n) is 10.3. The standard InChI is InChI=1S/C14H16ClNO2/c1-9(2)12-6-7-13(16(12)14(17)18)10-4-3-5-11(15)8-10/h3-5,8,12-13H,1,6-7H2,2H3,(H,17,18)/t12-,13+/m1/s1. The van der Waals surface area contributed by atoms with Gasteiger partial charge in [-0.05, 0) is 37.5 Å². The number of benzene rings is 1. The Labute approximate surface area is 112 Å². The highest BCUT2D eigenvalue weighted by molar-refractivity contribution is 6.30. The zero-order valence-corrected chi connectivity index (χ0v) is 11.0. The number of hydrogen-bond donors (Lipinski definition) is 1. The minimum absolute atomic E-state index is 0.0912. The average molecular weight is 266 g/mol. The third-order valence-electron chi connectivity index (χ3n) is 3.41. The summed E-state index contributed by atoms with van der Waals surface area (Å²) in [6, 6.07) is 7.19. The van der Waals surface area contributed by atoms with E-state index < -0.39 is 6.09 Å². The lowest BCUT2D eigenvalue weighted by Crippen LogP contribution is -2.36. The van der Waals surface area contributed by atoms with Crippen LogP contribution >= 0.6 is 11.6 Å². The van der Waals surface area contributed by atoms with Gasteiger partial charge in [-0.1, -0.05) is 35.9 Å². The molecule has 0 bridgehead atoms. The molecule has 1 aromatic rings. The number of carbonyl (C=O) groups is 1. The van der Waals surface area contributed by atoms with Gasteiger partial charge in [0.1, 0.15) is 0 Å². The van der Waals surface area contributed by atoms with E-state index in [1.807, 2.05) is 25.1 Å². The van der Waals surface area contributed by atoms with Crippen molar-refractivity contribution in [2.24, 2.45) is 0 Å². The molecule has 1 aromatic carbocycles. The number of carboxylic acid groups (broad SMARTS) is 1. The van der Waals surface area contributed by atoms with E-state index in [0.717, 1.165) is 24.0 Å². The van der Waals surface area contributed by atoms with Gasteiger partial charge in [-0.3, -0.25) is 4.90 Å². The summed E-state index contributed by atoms with van der Waals surface area (Å²) in [6.45, 7) is 5.76. The summed E-state index contributed by atoms with van der Waals surface area (Å²) in [7, 11) is 0. The SMILES string of the molecule is C=C(C)[C@H]1CC[C@@H](c2cccc(Cl)c2)N1C(=O)O. The molecule has 18 heavy (non-hydrogen) atoms. The van der Waals surface area contributed by atoms with E-state index in [2.05, 4.69) is 6.58 Å². The molecule has 3 nitrogen and oxygen atoms in total. The van der Waals surface area contributed by atoms with Crippen LogP contribution in [-0.2, 0) is 0 Å². The molecule has 1 N–H and O–H groups in total. The van der Waals surface area contributed by atoms with Crippen LogP contribution in [-0.4, -0.2) is 22.1 Å². The Morgan fingerprint density at radius 2 is 2.22 bits per heavy atom. The fourth-order valence-electron chi connectivity index (χ4n) is 2.60. The maximum Gasteiger partial charge on any atom is 0.408 e. The van der Waals surface area contributed by atoms with Crippen molar-refractivity contribution in [2.75, 3.05) is 0 Å². The van der Waals surface area contributed by atoms with Gasteiger partial charge in [0.25, 0.3) is 0 Å². The summed E-state index contributed by atoms with van der Waals surface area (Å²) >= 11 is 5.97. The highest BCUT2D eigenvalue weighted by Gasteiger charge is 2.38. The average Bonchev–Trinajstić information content (AvgIpc) is 2.73. The molecule has 0 aromatic heterocycles. The fourth-order valence-corrected chi connectivity index (χ4v) is 2.80.